The summed E-state index contributed by atoms with van der Waals surface area (Å²) in [6, 6.07) is 13.5. The molecule has 106 valence electrons. The van der Waals surface area contributed by atoms with E-state index >= 15 is 0 Å². The van der Waals surface area contributed by atoms with Crippen molar-refractivity contribution < 1.29 is 0 Å². The number of hydrogen-bond acceptors (Lipinski definition) is 2. The maximum absolute atomic E-state index is 4.35. The maximum atomic E-state index is 4.35. The molecule has 0 amide bonds. The highest BCUT2D eigenvalue weighted by molar-refractivity contribution is 5.62. The Balaban J connectivity index is 2.01. The van der Waals surface area contributed by atoms with Crippen molar-refractivity contribution in [2.75, 3.05) is 6.54 Å². The van der Waals surface area contributed by atoms with Crippen molar-refractivity contribution in [3.05, 3.63) is 53.9 Å². The third-order valence-electron chi connectivity index (χ3n) is 3.48. The highest BCUT2D eigenvalue weighted by Crippen LogP contribution is 2.19. The van der Waals surface area contributed by atoms with Gasteiger partial charge in [-0.3, -0.25) is 4.98 Å². The first-order valence-corrected chi connectivity index (χ1v) is 7.44. The summed E-state index contributed by atoms with van der Waals surface area (Å²) < 4.78 is 0. The lowest BCUT2D eigenvalue weighted by Gasteiger charge is -2.13. The smallest absolute Gasteiger partial charge is 0.0373 e. The minimum Gasteiger partial charge on any atom is -0.314 e. The Hall–Kier alpha value is -1.67. The van der Waals surface area contributed by atoms with Gasteiger partial charge in [-0.25, -0.2) is 0 Å². The van der Waals surface area contributed by atoms with Gasteiger partial charge in [0.1, 0.15) is 0 Å². The third kappa shape index (κ3) is 4.17. The van der Waals surface area contributed by atoms with Crippen LogP contribution in [0.15, 0.2) is 42.6 Å². The third-order valence-corrected chi connectivity index (χ3v) is 3.48. The number of aromatic nitrogens is 1. The van der Waals surface area contributed by atoms with Crippen LogP contribution in [-0.4, -0.2) is 17.6 Å². The SMILES string of the molecule is CCCNC(C)Cc1ccc(-c2ccc(C)nc2)cc1. The molecule has 1 aromatic carbocycles. The fourth-order valence-corrected chi connectivity index (χ4v) is 2.29. The van der Waals surface area contributed by atoms with Crippen molar-refractivity contribution in [3.8, 4) is 11.1 Å². The lowest BCUT2D eigenvalue weighted by Crippen LogP contribution is -2.28. The molecule has 1 N–H and O–H groups in total. The summed E-state index contributed by atoms with van der Waals surface area (Å²) in [5.41, 5.74) is 4.85. The number of nitrogens with one attached hydrogen (secondary N) is 1. The van der Waals surface area contributed by atoms with Crippen LogP contribution in [0.5, 0.6) is 0 Å². The largest absolute Gasteiger partial charge is 0.314 e. The fourth-order valence-electron chi connectivity index (χ4n) is 2.29. The zero-order valence-electron chi connectivity index (χ0n) is 12.7. The molecule has 1 unspecified atom stereocenters. The van der Waals surface area contributed by atoms with Crippen molar-refractivity contribution in [3.63, 3.8) is 0 Å². The van der Waals surface area contributed by atoms with E-state index < -0.39 is 0 Å². The minimum absolute atomic E-state index is 0.529. The number of nitrogens with zero attached hydrogens (tertiary/aromatic N) is 1. The van der Waals surface area contributed by atoms with Crippen LogP contribution in [0.2, 0.25) is 0 Å². The molecule has 0 saturated carbocycles. The predicted octanol–water partition coefficient (Wildman–Crippen LogP) is 3.99. The number of hydrogen-bond donors (Lipinski definition) is 1. The van der Waals surface area contributed by atoms with E-state index in [1.54, 1.807) is 0 Å². The zero-order chi connectivity index (χ0) is 14.4. The second-order valence-corrected chi connectivity index (χ2v) is 5.44. The Bertz CT molecular complexity index is 514. The molecule has 0 spiro atoms. The molecule has 1 atom stereocenters. The average Bonchev–Trinajstić information content (AvgIpc) is 2.47. The monoisotopic (exact) mass is 268 g/mol. The number of benzene rings is 1. The maximum Gasteiger partial charge on any atom is 0.0373 e. The van der Waals surface area contributed by atoms with E-state index in [1.807, 2.05) is 13.1 Å². The fraction of sp³-hybridized carbons (Fsp3) is 0.389. The molecule has 2 nitrogen and oxygen atoms in total. The summed E-state index contributed by atoms with van der Waals surface area (Å²) in [6.45, 7) is 7.55. The van der Waals surface area contributed by atoms with E-state index in [2.05, 4.69) is 60.5 Å². The van der Waals surface area contributed by atoms with Gasteiger partial charge < -0.3 is 5.32 Å². The van der Waals surface area contributed by atoms with Gasteiger partial charge in [-0.15, -0.1) is 0 Å². The zero-order valence-corrected chi connectivity index (χ0v) is 12.7. The van der Waals surface area contributed by atoms with Gasteiger partial charge >= 0.3 is 0 Å². The molecule has 0 aliphatic rings. The van der Waals surface area contributed by atoms with Crippen LogP contribution in [0.4, 0.5) is 0 Å². The van der Waals surface area contributed by atoms with E-state index in [4.69, 9.17) is 0 Å². The molecule has 0 aliphatic carbocycles. The highest BCUT2D eigenvalue weighted by atomic mass is 14.9. The van der Waals surface area contributed by atoms with Gasteiger partial charge in [-0.05, 0) is 50.4 Å². The average molecular weight is 268 g/mol. The molecule has 2 rings (SSSR count). The second kappa shape index (κ2) is 7.20. The summed E-state index contributed by atoms with van der Waals surface area (Å²) in [6.07, 6.45) is 4.20. The Labute approximate surface area is 122 Å². The van der Waals surface area contributed by atoms with E-state index in [-0.39, 0.29) is 0 Å². The standard InChI is InChI=1S/C18H24N2/c1-4-11-19-15(3)12-16-6-9-17(10-7-16)18-8-5-14(2)20-13-18/h5-10,13,15,19H,4,11-12H2,1-3H3. The molecule has 0 fully saturated rings. The van der Waals surface area contributed by atoms with Crippen LogP contribution in [0, 0.1) is 6.92 Å². The summed E-state index contributed by atoms with van der Waals surface area (Å²) >= 11 is 0. The van der Waals surface area contributed by atoms with Gasteiger partial charge in [0, 0.05) is 23.5 Å². The van der Waals surface area contributed by atoms with Crippen LogP contribution in [0.1, 0.15) is 31.5 Å². The number of aryl methyl sites for hydroxylation is 1. The van der Waals surface area contributed by atoms with E-state index in [0.29, 0.717) is 6.04 Å². The lowest BCUT2D eigenvalue weighted by molar-refractivity contribution is 0.543. The van der Waals surface area contributed by atoms with Crippen LogP contribution in [0.3, 0.4) is 0 Å². The second-order valence-electron chi connectivity index (χ2n) is 5.44. The molecule has 2 aromatic rings. The van der Waals surface area contributed by atoms with Gasteiger partial charge in [0.05, 0.1) is 0 Å². The predicted molar refractivity (Wildman–Crippen MR) is 85.9 cm³/mol. The molecule has 20 heavy (non-hydrogen) atoms. The summed E-state index contributed by atoms with van der Waals surface area (Å²) in [5, 5.41) is 3.52. The lowest BCUT2D eigenvalue weighted by atomic mass is 10.0. The first-order chi connectivity index (χ1) is 9.69. The molecule has 2 heteroatoms. The van der Waals surface area contributed by atoms with Crippen LogP contribution < -0.4 is 5.32 Å². The molecule has 0 bridgehead atoms. The molecular formula is C18H24N2. The Morgan fingerprint density at radius 2 is 1.75 bits per heavy atom. The summed E-state index contributed by atoms with van der Waals surface area (Å²) in [5.74, 6) is 0. The molecular weight excluding hydrogens is 244 g/mol. The molecule has 0 aliphatic heterocycles. The van der Waals surface area contributed by atoms with Gasteiger partial charge in [-0.2, -0.15) is 0 Å². The van der Waals surface area contributed by atoms with Crippen molar-refractivity contribution >= 4 is 0 Å². The first-order valence-electron chi connectivity index (χ1n) is 7.44. The molecule has 1 aromatic heterocycles. The number of pyridine rings is 1. The van der Waals surface area contributed by atoms with Crippen LogP contribution in [0.25, 0.3) is 11.1 Å². The Kier molecular flexibility index (Phi) is 5.31. The van der Waals surface area contributed by atoms with Crippen molar-refractivity contribution in [1.82, 2.24) is 10.3 Å². The van der Waals surface area contributed by atoms with Gasteiger partial charge in [-0.1, -0.05) is 37.3 Å². The van der Waals surface area contributed by atoms with Crippen LogP contribution in [-0.2, 0) is 6.42 Å². The van der Waals surface area contributed by atoms with Crippen molar-refractivity contribution in [2.24, 2.45) is 0 Å². The highest BCUT2D eigenvalue weighted by Gasteiger charge is 2.03. The first kappa shape index (κ1) is 14.7. The molecule has 0 radical (unpaired) electrons. The van der Waals surface area contributed by atoms with E-state index in [1.165, 1.54) is 23.1 Å². The van der Waals surface area contributed by atoms with Gasteiger partial charge in [0.15, 0.2) is 0 Å². The molecule has 1 heterocycles. The Morgan fingerprint density at radius 3 is 2.35 bits per heavy atom. The Morgan fingerprint density at radius 1 is 1.05 bits per heavy atom. The summed E-state index contributed by atoms with van der Waals surface area (Å²) in [4.78, 5) is 4.35. The quantitative estimate of drug-likeness (QED) is 0.857. The van der Waals surface area contributed by atoms with E-state index in [9.17, 15) is 0 Å². The van der Waals surface area contributed by atoms with Crippen LogP contribution >= 0.6 is 0 Å². The molecule has 0 saturated heterocycles. The minimum atomic E-state index is 0.529. The van der Waals surface area contributed by atoms with Crippen molar-refractivity contribution in [2.45, 2.75) is 39.7 Å². The van der Waals surface area contributed by atoms with Gasteiger partial charge in [0.2, 0.25) is 0 Å². The topological polar surface area (TPSA) is 24.9 Å². The van der Waals surface area contributed by atoms with E-state index in [0.717, 1.165) is 18.7 Å². The van der Waals surface area contributed by atoms with Gasteiger partial charge in [0.25, 0.3) is 0 Å². The number of rotatable bonds is 6. The normalized spacial score (nSPS) is 12.3. The summed E-state index contributed by atoms with van der Waals surface area (Å²) in [7, 11) is 0. The van der Waals surface area contributed by atoms with Crippen molar-refractivity contribution in [1.29, 1.82) is 0 Å².